The van der Waals surface area contributed by atoms with Gasteiger partial charge < -0.3 is 31.0 Å². The van der Waals surface area contributed by atoms with Crippen molar-refractivity contribution < 1.29 is 33.9 Å². The lowest BCUT2D eigenvalue weighted by molar-refractivity contribution is -0.150. The number of alkyl carbamates (subject to hydrolysis) is 1. The van der Waals surface area contributed by atoms with E-state index in [4.69, 9.17) is 15.3 Å². The topological polar surface area (TPSA) is 242 Å². The van der Waals surface area contributed by atoms with E-state index in [0.717, 1.165) is 18.0 Å². The molecule has 0 saturated carbocycles. The minimum absolute atomic E-state index is 0.0460. The van der Waals surface area contributed by atoms with Crippen molar-refractivity contribution in [3.05, 3.63) is 29.2 Å². The zero-order valence-corrected chi connectivity index (χ0v) is 27.4. The number of nitrogens with one attached hydrogen (secondary N) is 2. The average molecular weight is 694 g/mol. The molecule has 4 heterocycles. The molecule has 0 radical (unpaired) electrons. The number of fused-ring (bicyclic) bond motifs is 1. The van der Waals surface area contributed by atoms with Crippen LogP contribution in [0.2, 0.25) is 0 Å². The van der Waals surface area contributed by atoms with E-state index in [-0.39, 0.29) is 53.1 Å². The van der Waals surface area contributed by atoms with Crippen molar-refractivity contribution in [2.45, 2.75) is 68.4 Å². The maximum absolute atomic E-state index is 13.3. The van der Waals surface area contributed by atoms with Crippen LogP contribution in [0.4, 0.5) is 9.93 Å². The number of aliphatic carboxylic acids is 1. The molecule has 5 N–H and O–H groups in total. The number of carboxylic acid groups (broad SMARTS) is 1. The second-order valence-corrected chi connectivity index (χ2v) is 13.9. The van der Waals surface area contributed by atoms with Crippen LogP contribution in [0.25, 0.3) is 0 Å². The Kier molecular flexibility index (Phi) is 10.1. The smallest absolute Gasteiger partial charge is 0.407 e. The summed E-state index contributed by atoms with van der Waals surface area (Å²) in [5.41, 5.74) is 5.15. The third-order valence-corrected chi connectivity index (χ3v) is 9.44. The van der Waals surface area contributed by atoms with Crippen molar-refractivity contribution in [2.24, 2.45) is 5.16 Å². The highest BCUT2D eigenvalue weighted by Gasteiger charge is 2.54. The van der Waals surface area contributed by atoms with E-state index in [0.29, 0.717) is 17.2 Å². The van der Waals surface area contributed by atoms with Gasteiger partial charge in [0, 0.05) is 29.6 Å². The Labute approximate surface area is 274 Å². The van der Waals surface area contributed by atoms with Crippen LogP contribution in [0.15, 0.2) is 33.7 Å². The Morgan fingerprint density at radius 2 is 2.11 bits per heavy atom. The van der Waals surface area contributed by atoms with Crippen LogP contribution in [0.3, 0.4) is 0 Å². The van der Waals surface area contributed by atoms with Crippen LogP contribution in [0.1, 0.15) is 39.4 Å². The molecule has 0 aromatic carbocycles. The number of aromatic nitrogens is 6. The first-order chi connectivity index (χ1) is 21.9. The molecular formula is C25H31N11O7S3. The fraction of sp³-hybridized carbons (Fsp3) is 0.520. The van der Waals surface area contributed by atoms with E-state index >= 15 is 0 Å². The van der Waals surface area contributed by atoms with Gasteiger partial charge in [-0.3, -0.25) is 14.5 Å². The van der Waals surface area contributed by atoms with E-state index in [1.165, 1.54) is 33.1 Å². The normalized spacial score (nSPS) is 21.1. The number of oxime groups is 1. The maximum atomic E-state index is 13.3. The third-order valence-electron chi connectivity index (χ3n) is 6.52. The Hall–Kier alpha value is -4.24. The van der Waals surface area contributed by atoms with Gasteiger partial charge in [-0.15, -0.1) is 16.9 Å². The van der Waals surface area contributed by atoms with E-state index in [9.17, 15) is 24.3 Å². The van der Waals surface area contributed by atoms with Crippen molar-refractivity contribution in [3.8, 4) is 0 Å². The van der Waals surface area contributed by atoms with Crippen LogP contribution < -0.4 is 16.4 Å². The number of carboxylic acids is 1. The maximum Gasteiger partial charge on any atom is 0.407 e. The molecule has 0 spiro atoms. The molecule has 2 aromatic heterocycles. The molecule has 246 valence electrons. The molecule has 5 rings (SSSR count). The van der Waals surface area contributed by atoms with Crippen molar-refractivity contribution in [3.63, 3.8) is 0 Å². The van der Waals surface area contributed by atoms with Gasteiger partial charge in [-0.05, 0) is 55.7 Å². The van der Waals surface area contributed by atoms with Crippen LogP contribution >= 0.6 is 35.1 Å². The summed E-state index contributed by atoms with van der Waals surface area (Å²) in [6.45, 7) is 5.72. The number of nitrogen functional groups attached to an aromatic ring is 1. The number of carbonyl (C=O) groups is 4. The fourth-order valence-electron chi connectivity index (χ4n) is 4.50. The highest BCUT2D eigenvalue weighted by atomic mass is 32.2. The second kappa shape index (κ2) is 14.0. The lowest BCUT2D eigenvalue weighted by Gasteiger charge is -2.49. The zero-order valence-electron chi connectivity index (χ0n) is 24.9. The molecule has 1 aliphatic carbocycles. The molecule has 1 fully saturated rings. The van der Waals surface area contributed by atoms with E-state index in [1.54, 1.807) is 20.8 Å². The number of hydrogen-bond donors (Lipinski definition) is 4. The summed E-state index contributed by atoms with van der Waals surface area (Å²) in [6, 6.07) is -1.02. The molecule has 18 nitrogen and oxygen atoms in total. The predicted octanol–water partition coefficient (Wildman–Crippen LogP) is 0.602. The Balaban J connectivity index is 1.22. The van der Waals surface area contributed by atoms with Crippen LogP contribution in [0, 0.1) is 0 Å². The Bertz CT molecular complexity index is 1600. The minimum atomic E-state index is -1.28. The molecule has 2 aliphatic heterocycles. The summed E-state index contributed by atoms with van der Waals surface area (Å²) in [7, 11) is 0. The number of nitrogens with zero attached hydrogens (tertiary/aromatic N) is 8. The van der Waals surface area contributed by atoms with E-state index < -0.39 is 40.9 Å². The molecule has 3 amide bonds. The highest BCUT2D eigenvalue weighted by Crippen LogP contribution is 2.41. The number of tetrazole rings is 1. The fourth-order valence-corrected chi connectivity index (χ4v) is 7.32. The van der Waals surface area contributed by atoms with Crippen molar-refractivity contribution >= 4 is 69.8 Å². The molecule has 2 unspecified atom stereocenters. The number of β-lactam (4-membered cyclic amide) rings is 1. The number of thioether (sulfide) groups is 2. The average Bonchev–Trinajstić information content (AvgIpc) is 3.76. The van der Waals surface area contributed by atoms with Gasteiger partial charge in [-0.1, -0.05) is 23.0 Å². The van der Waals surface area contributed by atoms with Gasteiger partial charge in [0.05, 0.1) is 6.54 Å². The molecule has 21 heteroatoms. The van der Waals surface area contributed by atoms with Gasteiger partial charge in [0.15, 0.2) is 5.13 Å². The number of anilines is 1. The molecule has 46 heavy (non-hydrogen) atoms. The van der Waals surface area contributed by atoms with Crippen molar-refractivity contribution in [2.75, 3.05) is 23.8 Å². The number of amides is 3. The lowest BCUT2D eigenvalue weighted by Crippen LogP contribution is -2.71. The highest BCUT2D eigenvalue weighted by molar-refractivity contribution is 8.01. The van der Waals surface area contributed by atoms with E-state index in [1.807, 2.05) is 12.2 Å². The number of rotatable bonds is 12. The van der Waals surface area contributed by atoms with Gasteiger partial charge in [0.25, 0.3) is 11.8 Å². The summed E-state index contributed by atoms with van der Waals surface area (Å²) in [5.74, 6) is -2.21. The van der Waals surface area contributed by atoms with Gasteiger partial charge in [0.1, 0.15) is 28.8 Å². The molecule has 1 saturated heterocycles. The van der Waals surface area contributed by atoms with Crippen LogP contribution in [-0.4, -0.2) is 110 Å². The van der Waals surface area contributed by atoms with E-state index in [2.05, 4.69) is 40.7 Å². The van der Waals surface area contributed by atoms with Crippen LogP contribution in [0.5, 0.6) is 0 Å². The van der Waals surface area contributed by atoms with Gasteiger partial charge in [0.2, 0.25) is 16.7 Å². The quantitative estimate of drug-likeness (QED) is 0.0782. The number of nitrogens with two attached hydrogens (primary N) is 1. The summed E-state index contributed by atoms with van der Waals surface area (Å²) in [5, 5.41) is 30.8. The third kappa shape index (κ3) is 7.76. The van der Waals surface area contributed by atoms with Gasteiger partial charge in [-0.25, -0.2) is 14.3 Å². The number of allylic oxidation sites excluding steroid dienone is 1. The first-order valence-corrected chi connectivity index (χ1v) is 16.8. The Morgan fingerprint density at radius 3 is 2.78 bits per heavy atom. The largest absolute Gasteiger partial charge is 0.477 e. The molecule has 2 aromatic rings. The predicted molar refractivity (Wildman–Crippen MR) is 167 cm³/mol. The van der Waals surface area contributed by atoms with Crippen LogP contribution in [-0.2, 0) is 30.5 Å². The summed E-state index contributed by atoms with van der Waals surface area (Å²) >= 11 is 3.38. The standard InChI is InChI=1S/C25H31N11O7S3/c1-25(2,3)42-24(41)27-8-9-35-23(30-33-34-35)45-11-12-10-44-20-15(19(38)36(20)16(12)21(39)40)28-18(37)14(17-29-22(26)46-32-17)31-43-13-6-4-5-7-13/h4,6,13,15,20H,5,7-11H2,1-3H3,(H,27,41)(H,28,37)(H,39,40)(H2,26,29,32)/t13?,15?,20-/m0/s1. The van der Waals surface area contributed by atoms with Gasteiger partial charge in [-0.2, -0.15) is 9.36 Å². The lowest BCUT2D eigenvalue weighted by atomic mass is 10.0. The van der Waals surface area contributed by atoms with Crippen molar-refractivity contribution in [1.29, 1.82) is 0 Å². The molecule has 3 aliphatic rings. The minimum Gasteiger partial charge on any atom is -0.477 e. The molecule has 3 atom stereocenters. The van der Waals surface area contributed by atoms with Crippen molar-refractivity contribution in [1.82, 2.24) is 45.1 Å². The zero-order chi connectivity index (χ0) is 33.0. The summed E-state index contributed by atoms with van der Waals surface area (Å²) in [6.07, 6.45) is 4.40. The number of carbonyl (C=O) groups excluding carboxylic acids is 3. The molecule has 0 bridgehead atoms. The first-order valence-electron chi connectivity index (χ1n) is 14.0. The SMILES string of the molecule is CC(C)(C)OC(=O)NCCn1nnnc1SCC1=C(C(=O)O)N2C(=O)C(NC(=O)C(=NOC3C=CCC3)c3nsc(N)n3)[C@@H]2SC1. The molecular weight excluding hydrogens is 663 g/mol. The Morgan fingerprint density at radius 1 is 1.30 bits per heavy atom. The summed E-state index contributed by atoms with van der Waals surface area (Å²) < 4.78 is 10.7. The second-order valence-electron chi connectivity index (χ2n) is 11.1. The first kappa shape index (κ1) is 33.1. The number of hydrogen-bond acceptors (Lipinski definition) is 16. The van der Waals surface area contributed by atoms with Gasteiger partial charge >= 0.3 is 12.1 Å². The summed E-state index contributed by atoms with van der Waals surface area (Å²) in [4.78, 5) is 61.5. The monoisotopic (exact) mass is 693 g/mol. The number of ether oxygens (including phenoxy) is 1.